The van der Waals surface area contributed by atoms with Gasteiger partial charge in [-0.1, -0.05) is 55.8 Å². The first-order valence-corrected chi connectivity index (χ1v) is 10.0. The Bertz CT molecular complexity index is 693. The Morgan fingerprint density at radius 1 is 1.16 bits per heavy atom. The average molecular weight is 381 g/mol. The van der Waals surface area contributed by atoms with Crippen molar-refractivity contribution in [1.82, 2.24) is 9.78 Å². The molecule has 0 amide bonds. The summed E-state index contributed by atoms with van der Waals surface area (Å²) < 4.78 is 8.14. The van der Waals surface area contributed by atoms with Crippen molar-refractivity contribution in [2.75, 3.05) is 0 Å². The van der Waals surface area contributed by atoms with Crippen LogP contribution in [0.5, 0.6) is 5.88 Å². The minimum absolute atomic E-state index is 0.404. The molecule has 0 aliphatic heterocycles. The Hall–Kier alpha value is -1.19. The van der Waals surface area contributed by atoms with Crippen LogP contribution in [-0.4, -0.2) is 9.78 Å². The van der Waals surface area contributed by atoms with Crippen LogP contribution in [0.4, 0.5) is 0 Å². The van der Waals surface area contributed by atoms with E-state index in [1.807, 2.05) is 12.1 Å². The quantitative estimate of drug-likeness (QED) is 0.563. The van der Waals surface area contributed by atoms with Crippen LogP contribution in [0.15, 0.2) is 24.3 Å². The smallest absolute Gasteiger partial charge is 0.212 e. The van der Waals surface area contributed by atoms with Crippen molar-refractivity contribution in [3.05, 3.63) is 45.6 Å². The van der Waals surface area contributed by atoms with Crippen LogP contribution >= 0.6 is 23.2 Å². The van der Waals surface area contributed by atoms with Gasteiger partial charge in [0.05, 0.1) is 5.69 Å². The number of aromatic nitrogens is 2. The Labute approximate surface area is 160 Å². The summed E-state index contributed by atoms with van der Waals surface area (Å²) in [6.07, 6.45) is 8.69. The molecule has 0 bridgehead atoms. The molecule has 2 aromatic rings. The van der Waals surface area contributed by atoms with E-state index in [1.54, 1.807) is 6.07 Å². The van der Waals surface area contributed by atoms with Crippen molar-refractivity contribution in [3.63, 3.8) is 0 Å². The third-order valence-corrected chi connectivity index (χ3v) is 5.44. The average Bonchev–Trinajstić information content (AvgIpc) is 2.98. The van der Waals surface area contributed by atoms with Gasteiger partial charge in [-0.25, -0.2) is 4.68 Å². The highest BCUT2D eigenvalue weighted by molar-refractivity contribution is 6.33. The molecule has 0 spiro atoms. The topological polar surface area (TPSA) is 27.1 Å². The van der Waals surface area contributed by atoms with Crippen LogP contribution in [-0.2, 0) is 19.6 Å². The number of aryl methyl sites for hydroxylation is 1. The molecule has 25 heavy (non-hydrogen) atoms. The zero-order chi connectivity index (χ0) is 17.6. The largest absolute Gasteiger partial charge is 0.473 e. The molecule has 0 unspecified atom stereocenters. The lowest BCUT2D eigenvalue weighted by molar-refractivity contribution is 0.245. The van der Waals surface area contributed by atoms with E-state index in [9.17, 15) is 0 Å². The summed E-state index contributed by atoms with van der Waals surface area (Å²) in [7, 11) is 0. The summed E-state index contributed by atoms with van der Waals surface area (Å²) in [5.74, 6) is 1.55. The highest BCUT2D eigenvalue weighted by Gasteiger charge is 2.18. The highest BCUT2D eigenvalue weighted by atomic mass is 35.5. The predicted molar refractivity (Wildman–Crippen MR) is 104 cm³/mol. The molecule has 1 aliphatic carbocycles. The van der Waals surface area contributed by atoms with Gasteiger partial charge in [0.1, 0.15) is 6.61 Å². The number of rotatable bonds is 7. The van der Waals surface area contributed by atoms with Gasteiger partial charge in [0.2, 0.25) is 5.88 Å². The second kappa shape index (κ2) is 8.95. The second-order valence-electron chi connectivity index (χ2n) is 6.93. The van der Waals surface area contributed by atoms with E-state index in [-0.39, 0.29) is 0 Å². The van der Waals surface area contributed by atoms with Crippen molar-refractivity contribution in [2.24, 2.45) is 5.92 Å². The van der Waals surface area contributed by atoms with Gasteiger partial charge in [-0.2, -0.15) is 5.10 Å². The van der Waals surface area contributed by atoms with Crippen LogP contribution in [0.3, 0.4) is 0 Å². The van der Waals surface area contributed by atoms with E-state index in [4.69, 9.17) is 33.0 Å². The SMILES string of the molecule is CCCc1cc(OCc2cc(Cl)ccc2Cl)n(CC2CCCCC2)n1. The van der Waals surface area contributed by atoms with E-state index >= 15 is 0 Å². The van der Waals surface area contributed by atoms with Crippen LogP contribution in [0, 0.1) is 5.92 Å². The van der Waals surface area contributed by atoms with Crippen LogP contribution in [0.1, 0.15) is 56.7 Å². The van der Waals surface area contributed by atoms with E-state index in [0.717, 1.165) is 36.5 Å². The molecule has 1 aromatic heterocycles. The van der Waals surface area contributed by atoms with E-state index < -0.39 is 0 Å². The summed E-state index contributed by atoms with van der Waals surface area (Å²) >= 11 is 12.3. The standard InChI is InChI=1S/C20H26Cl2N2O/c1-2-6-18-12-20(24(23-18)13-15-7-4-3-5-8-15)25-14-16-11-17(21)9-10-19(16)22/h9-12,15H,2-8,13-14H2,1H3. The molecule has 1 saturated carbocycles. The first kappa shape index (κ1) is 18.6. The maximum Gasteiger partial charge on any atom is 0.212 e. The van der Waals surface area contributed by atoms with Crippen LogP contribution in [0.25, 0.3) is 0 Å². The molecular formula is C20H26Cl2N2O. The molecule has 1 aliphatic rings. The van der Waals surface area contributed by atoms with E-state index in [1.165, 1.54) is 32.1 Å². The number of ether oxygens (including phenoxy) is 1. The molecule has 1 fully saturated rings. The Morgan fingerprint density at radius 2 is 1.96 bits per heavy atom. The molecule has 5 heteroatoms. The van der Waals surface area contributed by atoms with Gasteiger partial charge in [0, 0.05) is 28.2 Å². The lowest BCUT2D eigenvalue weighted by Crippen LogP contribution is -2.16. The lowest BCUT2D eigenvalue weighted by Gasteiger charge is -2.22. The molecule has 1 aromatic carbocycles. The van der Waals surface area contributed by atoms with Gasteiger partial charge in [0.25, 0.3) is 0 Å². The maximum atomic E-state index is 6.25. The Morgan fingerprint density at radius 3 is 2.72 bits per heavy atom. The molecule has 0 saturated heterocycles. The second-order valence-corrected chi connectivity index (χ2v) is 7.78. The van der Waals surface area contributed by atoms with Crippen molar-refractivity contribution in [2.45, 2.75) is 65.0 Å². The fourth-order valence-corrected chi connectivity index (χ4v) is 3.86. The Kier molecular flexibility index (Phi) is 6.66. The Balaban J connectivity index is 1.72. The molecule has 136 valence electrons. The molecule has 3 rings (SSSR count). The summed E-state index contributed by atoms with van der Waals surface area (Å²) in [5, 5.41) is 6.13. The number of benzene rings is 1. The molecule has 0 atom stereocenters. The first-order chi connectivity index (χ1) is 12.2. The predicted octanol–water partition coefficient (Wildman–Crippen LogP) is 6.30. The van der Waals surface area contributed by atoms with Gasteiger partial charge < -0.3 is 4.74 Å². The van der Waals surface area contributed by atoms with Crippen molar-refractivity contribution < 1.29 is 4.74 Å². The van der Waals surface area contributed by atoms with Gasteiger partial charge in [-0.05, 0) is 43.4 Å². The van der Waals surface area contributed by atoms with Crippen molar-refractivity contribution >= 4 is 23.2 Å². The monoisotopic (exact) mass is 380 g/mol. The third-order valence-electron chi connectivity index (χ3n) is 4.84. The molecule has 0 N–H and O–H groups in total. The van der Waals surface area contributed by atoms with Gasteiger partial charge in [-0.15, -0.1) is 0 Å². The molecular weight excluding hydrogens is 355 g/mol. The summed E-state index contributed by atoms with van der Waals surface area (Å²) in [6.45, 7) is 3.52. The zero-order valence-electron chi connectivity index (χ0n) is 14.8. The zero-order valence-corrected chi connectivity index (χ0v) is 16.3. The molecule has 1 heterocycles. The maximum absolute atomic E-state index is 6.25. The van der Waals surface area contributed by atoms with Gasteiger partial charge in [-0.3, -0.25) is 0 Å². The minimum Gasteiger partial charge on any atom is -0.473 e. The fourth-order valence-electron chi connectivity index (χ4n) is 3.50. The highest BCUT2D eigenvalue weighted by Crippen LogP contribution is 2.28. The van der Waals surface area contributed by atoms with Crippen molar-refractivity contribution in [1.29, 1.82) is 0 Å². The summed E-state index contributed by atoms with van der Waals surface area (Å²) in [4.78, 5) is 0. The van der Waals surface area contributed by atoms with E-state index in [0.29, 0.717) is 22.6 Å². The first-order valence-electron chi connectivity index (χ1n) is 9.29. The van der Waals surface area contributed by atoms with Gasteiger partial charge in [0.15, 0.2) is 0 Å². The number of nitrogens with zero attached hydrogens (tertiary/aromatic N) is 2. The summed E-state index contributed by atoms with van der Waals surface area (Å²) in [5.41, 5.74) is 2.00. The molecule has 0 radical (unpaired) electrons. The summed E-state index contributed by atoms with van der Waals surface area (Å²) in [6, 6.07) is 7.54. The lowest BCUT2D eigenvalue weighted by atomic mass is 9.89. The number of halogens is 2. The van der Waals surface area contributed by atoms with Crippen LogP contribution < -0.4 is 4.74 Å². The van der Waals surface area contributed by atoms with Gasteiger partial charge >= 0.3 is 0 Å². The van der Waals surface area contributed by atoms with Crippen LogP contribution in [0.2, 0.25) is 10.0 Å². The van der Waals surface area contributed by atoms with E-state index in [2.05, 4.69) is 17.7 Å². The third kappa shape index (κ3) is 5.15. The van der Waals surface area contributed by atoms with Crippen molar-refractivity contribution in [3.8, 4) is 5.88 Å². The fraction of sp³-hybridized carbons (Fsp3) is 0.550. The normalized spacial score (nSPS) is 15.5. The molecule has 3 nitrogen and oxygen atoms in total. The minimum atomic E-state index is 0.404. The number of hydrogen-bond acceptors (Lipinski definition) is 2. The number of hydrogen-bond donors (Lipinski definition) is 0.